The molecule has 0 radical (unpaired) electrons. The van der Waals surface area contributed by atoms with E-state index in [1.807, 2.05) is 30.6 Å². The Labute approximate surface area is 94.4 Å². The lowest BCUT2D eigenvalue weighted by Crippen LogP contribution is -2.35. The van der Waals surface area contributed by atoms with Crippen LogP contribution in [0, 0.1) is 0 Å². The van der Waals surface area contributed by atoms with Crippen LogP contribution >= 0.6 is 0 Å². The maximum atomic E-state index is 5.27. The summed E-state index contributed by atoms with van der Waals surface area (Å²) in [6.45, 7) is 0. The highest BCUT2D eigenvalue weighted by molar-refractivity contribution is 5.51. The molecule has 0 unspecified atom stereocenters. The van der Waals surface area contributed by atoms with Gasteiger partial charge in [-0.2, -0.15) is 0 Å². The minimum Gasteiger partial charge on any atom is -0.463 e. The van der Waals surface area contributed by atoms with Gasteiger partial charge in [0.15, 0.2) is 0 Å². The zero-order valence-electron chi connectivity index (χ0n) is 8.89. The molecule has 0 saturated heterocycles. The summed E-state index contributed by atoms with van der Waals surface area (Å²) >= 11 is 0. The van der Waals surface area contributed by atoms with E-state index in [0.717, 1.165) is 12.2 Å². The van der Waals surface area contributed by atoms with Gasteiger partial charge in [-0.05, 0) is 23.3 Å². The Hall–Kier alpha value is -2.02. The van der Waals surface area contributed by atoms with Gasteiger partial charge in [0.2, 0.25) is 0 Å². The first-order valence-electron chi connectivity index (χ1n) is 5.44. The average molecular weight is 208 g/mol. The molecule has 0 saturated carbocycles. The van der Waals surface area contributed by atoms with Crippen molar-refractivity contribution in [2.24, 2.45) is 0 Å². The molecule has 0 atom stereocenters. The van der Waals surface area contributed by atoms with Gasteiger partial charge in [-0.3, -0.25) is 0 Å². The van der Waals surface area contributed by atoms with Crippen molar-refractivity contribution in [1.29, 1.82) is 0 Å². The summed E-state index contributed by atoms with van der Waals surface area (Å²) in [6, 6.07) is 4.18. The Morgan fingerprint density at radius 2 is 1.75 bits per heavy atom. The minimum atomic E-state index is 0.963. The molecule has 1 aromatic carbocycles. The minimum absolute atomic E-state index is 0.963. The first kappa shape index (κ1) is 9.22. The summed E-state index contributed by atoms with van der Waals surface area (Å²) in [5.41, 5.74) is 1.34. The Morgan fingerprint density at radius 1 is 0.875 bits per heavy atom. The van der Waals surface area contributed by atoms with E-state index in [0.29, 0.717) is 0 Å². The van der Waals surface area contributed by atoms with Crippen LogP contribution in [0.4, 0.5) is 0 Å². The van der Waals surface area contributed by atoms with Crippen molar-refractivity contribution in [1.82, 2.24) is 0 Å². The van der Waals surface area contributed by atoms with Gasteiger partial charge in [-0.25, -0.2) is 0 Å². The average Bonchev–Trinajstić information content (AvgIpc) is 2.26. The van der Waals surface area contributed by atoms with E-state index in [1.54, 1.807) is 0 Å². The van der Waals surface area contributed by atoms with E-state index in [4.69, 9.17) is 4.74 Å². The Balaban J connectivity index is 2.25. The molecule has 0 bridgehead atoms. The fraction of sp³-hybridized carbons (Fsp3) is 0.0667. The molecule has 0 fully saturated rings. The number of allylic oxidation sites excluding steroid dienone is 6. The number of benzene rings is 1. The molecule has 0 amide bonds. The quantitative estimate of drug-likeness (QED) is 0.632. The summed E-state index contributed by atoms with van der Waals surface area (Å²) in [4.78, 5) is 0. The Bertz CT molecular complexity index is 616. The topological polar surface area (TPSA) is 9.23 Å². The molecule has 1 nitrogen and oxygen atoms in total. The van der Waals surface area contributed by atoms with Crippen molar-refractivity contribution >= 4 is 12.3 Å². The SMILES string of the molecule is C1=C/C=C\Cc2ccc3c(/c2=C\C=C1)=CO3. The highest BCUT2D eigenvalue weighted by Gasteiger charge is 2.08. The summed E-state index contributed by atoms with van der Waals surface area (Å²) < 4.78 is 5.27. The standard InChI is InChI=1S/C15H12O/c1-2-4-6-8-13-12(7-5-3-1)9-10-15-14(13)11-16-15/h1-6,8-11H,7H2/b2-1?,5-3-,6-4?,13-8-. The van der Waals surface area contributed by atoms with Gasteiger partial charge < -0.3 is 4.74 Å². The van der Waals surface area contributed by atoms with E-state index < -0.39 is 0 Å². The van der Waals surface area contributed by atoms with Gasteiger partial charge in [0.1, 0.15) is 12.0 Å². The highest BCUT2D eigenvalue weighted by Crippen LogP contribution is 2.10. The molecular weight excluding hydrogens is 196 g/mol. The zero-order chi connectivity index (χ0) is 10.8. The largest absolute Gasteiger partial charge is 0.463 e. The van der Waals surface area contributed by atoms with Gasteiger partial charge in [0.25, 0.3) is 0 Å². The number of fused-ring (bicyclic) bond motifs is 3. The molecule has 1 aromatic rings. The van der Waals surface area contributed by atoms with Gasteiger partial charge in [0, 0.05) is 0 Å². The number of ether oxygens (including phenoxy) is 1. The van der Waals surface area contributed by atoms with Crippen LogP contribution in [0.15, 0.2) is 48.6 Å². The molecule has 0 spiro atoms. The molecule has 3 rings (SSSR count). The molecule has 0 aromatic heterocycles. The molecule has 1 aliphatic heterocycles. The van der Waals surface area contributed by atoms with E-state index in [-0.39, 0.29) is 0 Å². The Morgan fingerprint density at radius 3 is 2.62 bits per heavy atom. The first-order chi connectivity index (χ1) is 7.95. The number of hydrogen-bond acceptors (Lipinski definition) is 1. The molecule has 78 valence electrons. The predicted octanol–water partition coefficient (Wildman–Crippen LogP) is 1.82. The van der Waals surface area contributed by atoms with Crippen LogP contribution in [0.1, 0.15) is 5.56 Å². The van der Waals surface area contributed by atoms with E-state index in [1.165, 1.54) is 16.0 Å². The van der Waals surface area contributed by atoms with Crippen LogP contribution < -0.4 is 15.2 Å². The second kappa shape index (κ2) is 3.86. The first-order valence-corrected chi connectivity index (χ1v) is 5.44. The lowest BCUT2D eigenvalue weighted by atomic mass is 10.0. The fourth-order valence-corrected chi connectivity index (χ4v) is 1.94. The van der Waals surface area contributed by atoms with E-state index in [9.17, 15) is 0 Å². The van der Waals surface area contributed by atoms with E-state index >= 15 is 0 Å². The van der Waals surface area contributed by atoms with Crippen LogP contribution in [0.2, 0.25) is 0 Å². The Kier molecular flexibility index (Phi) is 2.22. The lowest BCUT2D eigenvalue weighted by molar-refractivity contribution is 0.495. The highest BCUT2D eigenvalue weighted by atomic mass is 16.5. The third kappa shape index (κ3) is 1.50. The third-order valence-corrected chi connectivity index (χ3v) is 2.82. The molecule has 2 aliphatic rings. The van der Waals surface area contributed by atoms with Gasteiger partial charge in [-0.15, -0.1) is 0 Å². The lowest BCUT2D eigenvalue weighted by Gasteiger charge is -2.13. The molecule has 0 N–H and O–H groups in total. The number of rotatable bonds is 0. The second-order valence-electron chi connectivity index (χ2n) is 3.85. The van der Waals surface area contributed by atoms with Crippen molar-refractivity contribution in [3.8, 4) is 5.75 Å². The van der Waals surface area contributed by atoms with E-state index in [2.05, 4.69) is 30.4 Å². The normalized spacial score (nSPS) is 20.1. The van der Waals surface area contributed by atoms with Gasteiger partial charge in [-0.1, -0.05) is 48.6 Å². The smallest absolute Gasteiger partial charge is 0.137 e. The summed E-state index contributed by atoms with van der Waals surface area (Å²) in [6.07, 6.45) is 17.4. The van der Waals surface area contributed by atoms with Crippen LogP contribution in [-0.4, -0.2) is 0 Å². The van der Waals surface area contributed by atoms with Gasteiger partial charge in [0.05, 0.1) is 5.22 Å². The molecule has 1 heterocycles. The van der Waals surface area contributed by atoms with Crippen molar-refractivity contribution in [2.45, 2.75) is 6.42 Å². The molecule has 16 heavy (non-hydrogen) atoms. The summed E-state index contributed by atoms with van der Waals surface area (Å²) in [5, 5.41) is 2.50. The summed E-state index contributed by atoms with van der Waals surface area (Å²) in [5.74, 6) is 0.986. The molecule has 1 aliphatic carbocycles. The van der Waals surface area contributed by atoms with Crippen LogP contribution in [0.25, 0.3) is 12.3 Å². The molecular formula is C15H12O. The van der Waals surface area contributed by atoms with Crippen LogP contribution in [0.5, 0.6) is 5.75 Å². The van der Waals surface area contributed by atoms with Crippen LogP contribution in [-0.2, 0) is 6.42 Å². The number of hydrogen-bond donors (Lipinski definition) is 0. The van der Waals surface area contributed by atoms with Crippen molar-refractivity contribution in [3.05, 3.63) is 64.6 Å². The molecule has 1 heteroatoms. The van der Waals surface area contributed by atoms with Crippen LogP contribution in [0.3, 0.4) is 0 Å². The fourth-order valence-electron chi connectivity index (χ4n) is 1.94. The van der Waals surface area contributed by atoms with Crippen molar-refractivity contribution in [3.63, 3.8) is 0 Å². The summed E-state index contributed by atoms with van der Waals surface area (Å²) in [7, 11) is 0. The maximum Gasteiger partial charge on any atom is 0.137 e. The van der Waals surface area contributed by atoms with Crippen molar-refractivity contribution in [2.75, 3.05) is 0 Å². The maximum absolute atomic E-state index is 5.27. The monoisotopic (exact) mass is 208 g/mol. The van der Waals surface area contributed by atoms with Gasteiger partial charge >= 0.3 is 0 Å². The second-order valence-corrected chi connectivity index (χ2v) is 3.85. The third-order valence-electron chi connectivity index (χ3n) is 2.82. The zero-order valence-corrected chi connectivity index (χ0v) is 8.89. The predicted molar refractivity (Wildman–Crippen MR) is 66.4 cm³/mol. The van der Waals surface area contributed by atoms with Crippen molar-refractivity contribution < 1.29 is 4.74 Å².